The molecular weight excluding hydrogens is 314 g/mol. The van der Waals surface area contributed by atoms with E-state index in [1.165, 1.54) is 0 Å². The number of amides is 1. The molecule has 0 aromatic heterocycles. The van der Waals surface area contributed by atoms with Gasteiger partial charge >= 0.3 is 0 Å². The lowest BCUT2D eigenvalue weighted by atomic mass is 10.2. The van der Waals surface area contributed by atoms with Crippen LogP contribution in [0, 0.1) is 0 Å². The average Bonchev–Trinajstić information content (AvgIpc) is 3.05. The van der Waals surface area contributed by atoms with E-state index in [1.807, 2.05) is 36.1 Å². The molecule has 1 amide bonds. The van der Waals surface area contributed by atoms with Crippen molar-refractivity contribution in [2.24, 2.45) is 0 Å². The van der Waals surface area contributed by atoms with Gasteiger partial charge < -0.3 is 15.0 Å². The summed E-state index contributed by atoms with van der Waals surface area (Å²) in [5.41, 5.74) is 0.729. The summed E-state index contributed by atoms with van der Waals surface area (Å²) in [5, 5.41) is 3.38. The van der Waals surface area contributed by atoms with Gasteiger partial charge in [0.15, 0.2) is 0 Å². The molecule has 5 nitrogen and oxygen atoms in total. The van der Waals surface area contributed by atoms with Crippen molar-refractivity contribution >= 4 is 18.3 Å². The van der Waals surface area contributed by atoms with Crippen LogP contribution in [0.1, 0.15) is 23.7 Å². The molecule has 1 aromatic carbocycles. The number of rotatable bonds is 4. The van der Waals surface area contributed by atoms with Crippen molar-refractivity contribution in [3.63, 3.8) is 0 Å². The van der Waals surface area contributed by atoms with Gasteiger partial charge in [-0.2, -0.15) is 0 Å². The maximum atomic E-state index is 12.7. The van der Waals surface area contributed by atoms with Gasteiger partial charge in [-0.1, -0.05) is 6.07 Å². The number of halogens is 1. The van der Waals surface area contributed by atoms with E-state index in [9.17, 15) is 4.79 Å². The Morgan fingerprint density at radius 2 is 2.09 bits per heavy atom. The second-order valence-electron chi connectivity index (χ2n) is 5.94. The minimum absolute atomic E-state index is 0. The molecule has 2 aliphatic heterocycles. The Bertz CT molecular complexity index is 520. The van der Waals surface area contributed by atoms with Crippen LogP contribution in [-0.4, -0.2) is 67.6 Å². The largest absolute Gasteiger partial charge is 0.494 e. The monoisotopic (exact) mass is 339 g/mol. The SMILES string of the molecule is CCOc1cccc(C(=O)N2CCC(N3CCNCC3)C2)c1.Cl. The van der Waals surface area contributed by atoms with E-state index >= 15 is 0 Å². The lowest BCUT2D eigenvalue weighted by Gasteiger charge is -2.32. The van der Waals surface area contributed by atoms with Crippen molar-refractivity contribution in [3.05, 3.63) is 29.8 Å². The number of piperazine rings is 1. The molecule has 2 saturated heterocycles. The van der Waals surface area contributed by atoms with E-state index < -0.39 is 0 Å². The van der Waals surface area contributed by atoms with Crippen LogP contribution in [0.4, 0.5) is 0 Å². The van der Waals surface area contributed by atoms with Crippen LogP contribution >= 0.6 is 12.4 Å². The summed E-state index contributed by atoms with van der Waals surface area (Å²) >= 11 is 0. The fourth-order valence-electron chi connectivity index (χ4n) is 3.34. The second-order valence-corrected chi connectivity index (χ2v) is 5.94. The summed E-state index contributed by atoms with van der Waals surface area (Å²) in [4.78, 5) is 17.2. The zero-order valence-corrected chi connectivity index (χ0v) is 14.5. The highest BCUT2D eigenvalue weighted by Gasteiger charge is 2.31. The number of likely N-dealkylation sites (tertiary alicyclic amines) is 1. The molecule has 128 valence electrons. The van der Waals surface area contributed by atoms with Gasteiger partial charge in [-0.05, 0) is 31.5 Å². The Labute approximate surface area is 144 Å². The molecular formula is C17H26ClN3O2. The second kappa shape index (κ2) is 8.52. The third-order valence-electron chi connectivity index (χ3n) is 4.51. The van der Waals surface area contributed by atoms with Gasteiger partial charge in [-0.3, -0.25) is 9.69 Å². The van der Waals surface area contributed by atoms with Crippen molar-refractivity contribution in [2.75, 3.05) is 45.9 Å². The number of hydrogen-bond donors (Lipinski definition) is 1. The summed E-state index contributed by atoms with van der Waals surface area (Å²) in [6.07, 6.45) is 1.08. The molecule has 1 atom stereocenters. The van der Waals surface area contributed by atoms with Gasteiger partial charge in [0.1, 0.15) is 5.75 Å². The fourth-order valence-corrected chi connectivity index (χ4v) is 3.34. The number of benzene rings is 1. The Morgan fingerprint density at radius 1 is 1.30 bits per heavy atom. The van der Waals surface area contributed by atoms with Gasteiger partial charge in [0, 0.05) is 50.9 Å². The zero-order valence-electron chi connectivity index (χ0n) is 13.7. The first-order valence-corrected chi connectivity index (χ1v) is 8.25. The number of carbonyl (C=O) groups excluding carboxylic acids is 1. The van der Waals surface area contributed by atoms with Gasteiger partial charge in [-0.15, -0.1) is 12.4 Å². The van der Waals surface area contributed by atoms with Crippen LogP contribution in [-0.2, 0) is 0 Å². The van der Waals surface area contributed by atoms with Crippen molar-refractivity contribution in [1.29, 1.82) is 0 Å². The van der Waals surface area contributed by atoms with Crippen molar-refractivity contribution in [1.82, 2.24) is 15.1 Å². The lowest BCUT2D eigenvalue weighted by molar-refractivity contribution is 0.0773. The van der Waals surface area contributed by atoms with E-state index in [-0.39, 0.29) is 18.3 Å². The van der Waals surface area contributed by atoms with E-state index in [0.717, 1.165) is 57.0 Å². The maximum Gasteiger partial charge on any atom is 0.254 e. The highest BCUT2D eigenvalue weighted by molar-refractivity contribution is 5.94. The van der Waals surface area contributed by atoms with Gasteiger partial charge in [-0.25, -0.2) is 0 Å². The highest BCUT2D eigenvalue weighted by Crippen LogP contribution is 2.20. The Kier molecular flexibility index (Phi) is 6.69. The maximum absolute atomic E-state index is 12.7. The number of nitrogens with zero attached hydrogens (tertiary/aromatic N) is 2. The van der Waals surface area contributed by atoms with Crippen molar-refractivity contribution in [3.8, 4) is 5.75 Å². The summed E-state index contributed by atoms with van der Waals surface area (Å²) in [5.74, 6) is 0.894. The predicted molar refractivity (Wildman–Crippen MR) is 93.6 cm³/mol. The molecule has 0 saturated carbocycles. The number of ether oxygens (including phenoxy) is 1. The summed E-state index contributed by atoms with van der Waals surface area (Å²) < 4.78 is 5.49. The quantitative estimate of drug-likeness (QED) is 0.905. The number of nitrogens with one attached hydrogen (secondary N) is 1. The van der Waals surface area contributed by atoms with Crippen LogP contribution in [0.5, 0.6) is 5.75 Å². The van der Waals surface area contributed by atoms with E-state index in [4.69, 9.17) is 4.74 Å². The fraction of sp³-hybridized carbons (Fsp3) is 0.588. The molecule has 1 aromatic rings. The molecule has 1 N–H and O–H groups in total. The Morgan fingerprint density at radius 3 is 2.83 bits per heavy atom. The van der Waals surface area contributed by atoms with E-state index in [0.29, 0.717) is 12.6 Å². The molecule has 2 aliphatic rings. The molecule has 0 aliphatic carbocycles. The third-order valence-corrected chi connectivity index (χ3v) is 4.51. The first kappa shape index (κ1) is 18.0. The first-order chi connectivity index (χ1) is 10.8. The minimum atomic E-state index is 0. The molecule has 2 heterocycles. The van der Waals surface area contributed by atoms with E-state index in [1.54, 1.807) is 0 Å². The average molecular weight is 340 g/mol. The summed E-state index contributed by atoms with van der Waals surface area (Å²) in [7, 11) is 0. The van der Waals surface area contributed by atoms with Crippen LogP contribution in [0.25, 0.3) is 0 Å². The number of hydrogen-bond acceptors (Lipinski definition) is 4. The number of carbonyl (C=O) groups is 1. The van der Waals surface area contributed by atoms with E-state index in [2.05, 4.69) is 10.2 Å². The Balaban J connectivity index is 0.00000192. The van der Waals surface area contributed by atoms with Crippen LogP contribution < -0.4 is 10.1 Å². The molecule has 23 heavy (non-hydrogen) atoms. The van der Waals surface area contributed by atoms with Gasteiger partial charge in [0.25, 0.3) is 5.91 Å². The standard InChI is InChI=1S/C17H25N3O2.ClH/c1-2-22-16-5-3-4-14(12-16)17(21)20-9-6-15(13-20)19-10-7-18-8-11-19;/h3-5,12,15,18H,2,6-11,13H2,1H3;1H. The topological polar surface area (TPSA) is 44.8 Å². The first-order valence-electron chi connectivity index (χ1n) is 8.25. The molecule has 0 bridgehead atoms. The summed E-state index contributed by atoms with van der Waals surface area (Å²) in [6, 6.07) is 8.03. The molecule has 6 heteroatoms. The highest BCUT2D eigenvalue weighted by atomic mass is 35.5. The molecule has 1 unspecified atom stereocenters. The lowest BCUT2D eigenvalue weighted by Crippen LogP contribution is -2.49. The minimum Gasteiger partial charge on any atom is -0.494 e. The van der Waals surface area contributed by atoms with Gasteiger partial charge in [0.2, 0.25) is 0 Å². The van der Waals surface area contributed by atoms with Gasteiger partial charge in [0.05, 0.1) is 6.61 Å². The zero-order chi connectivity index (χ0) is 15.4. The molecule has 3 rings (SSSR count). The third kappa shape index (κ3) is 4.37. The normalized spacial score (nSPS) is 21.8. The molecule has 2 fully saturated rings. The smallest absolute Gasteiger partial charge is 0.254 e. The molecule has 0 spiro atoms. The van der Waals surface area contributed by atoms with Crippen molar-refractivity contribution in [2.45, 2.75) is 19.4 Å². The Hall–Kier alpha value is -1.30. The summed E-state index contributed by atoms with van der Waals surface area (Å²) in [6.45, 7) is 8.56. The van der Waals surface area contributed by atoms with Crippen LogP contribution in [0.2, 0.25) is 0 Å². The molecule has 0 radical (unpaired) electrons. The van der Waals surface area contributed by atoms with Crippen LogP contribution in [0.3, 0.4) is 0 Å². The predicted octanol–water partition coefficient (Wildman–Crippen LogP) is 1.63. The van der Waals surface area contributed by atoms with Crippen molar-refractivity contribution < 1.29 is 9.53 Å². The van der Waals surface area contributed by atoms with Crippen LogP contribution in [0.15, 0.2) is 24.3 Å².